The van der Waals surface area contributed by atoms with E-state index in [2.05, 4.69) is 81.6 Å². The molecule has 21 heavy (non-hydrogen) atoms. The number of para-hydroxylation sites is 1. The molecule has 0 spiro atoms. The number of benzene rings is 2. The first-order chi connectivity index (χ1) is 9.97. The molecule has 1 heterocycles. The Balaban J connectivity index is 2.18. The molecule has 0 bridgehead atoms. The molecule has 0 aromatic heterocycles. The molecule has 1 aliphatic heterocycles. The molecule has 2 aromatic carbocycles. The van der Waals surface area contributed by atoms with Gasteiger partial charge >= 0.3 is 0 Å². The Morgan fingerprint density at radius 1 is 1.00 bits per heavy atom. The second kappa shape index (κ2) is 5.07. The standard InChI is InChI=1S/C20H23N/c1-14-12-17-10-7-9-16-8-5-6-11-19(16)21-20(3,4)18(17)13-15(14)2/h5-9,11-13,21H,10H2,1-4H3/b9-7-. The largest absolute Gasteiger partial charge is 0.376 e. The molecular formula is C20H23N. The third kappa shape index (κ3) is 2.61. The molecule has 1 heteroatoms. The minimum Gasteiger partial charge on any atom is -0.376 e. The van der Waals surface area contributed by atoms with Gasteiger partial charge in [0.05, 0.1) is 5.54 Å². The van der Waals surface area contributed by atoms with Gasteiger partial charge in [-0.3, -0.25) is 0 Å². The quantitative estimate of drug-likeness (QED) is 0.696. The fraction of sp³-hybridized carbons (Fsp3) is 0.300. The number of hydrogen-bond donors (Lipinski definition) is 1. The Morgan fingerprint density at radius 2 is 1.71 bits per heavy atom. The van der Waals surface area contributed by atoms with Gasteiger partial charge in [-0.2, -0.15) is 0 Å². The molecule has 3 rings (SSSR count). The van der Waals surface area contributed by atoms with Gasteiger partial charge in [-0.15, -0.1) is 0 Å². The summed E-state index contributed by atoms with van der Waals surface area (Å²) in [6, 6.07) is 13.2. The van der Waals surface area contributed by atoms with Crippen molar-refractivity contribution in [3.63, 3.8) is 0 Å². The number of allylic oxidation sites excluding steroid dienone is 1. The average molecular weight is 277 g/mol. The highest BCUT2D eigenvalue weighted by Gasteiger charge is 2.25. The van der Waals surface area contributed by atoms with Gasteiger partial charge in [0, 0.05) is 5.69 Å². The predicted molar refractivity (Wildman–Crippen MR) is 91.7 cm³/mol. The van der Waals surface area contributed by atoms with Crippen LogP contribution in [0.15, 0.2) is 42.5 Å². The van der Waals surface area contributed by atoms with E-state index in [0.717, 1.165) is 6.42 Å². The molecule has 0 unspecified atom stereocenters. The van der Waals surface area contributed by atoms with E-state index in [1.807, 2.05) is 0 Å². The van der Waals surface area contributed by atoms with Crippen molar-refractivity contribution < 1.29 is 0 Å². The maximum absolute atomic E-state index is 3.73. The Labute approximate surface area is 127 Å². The smallest absolute Gasteiger partial charge is 0.0572 e. The molecule has 0 amide bonds. The second-order valence-corrected chi connectivity index (χ2v) is 6.54. The average Bonchev–Trinajstić information content (AvgIpc) is 2.47. The van der Waals surface area contributed by atoms with Crippen molar-refractivity contribution in [1.82, 2.24) is 0 Å². The van der Waals surface area contributed by atoms with E-state index in [4.69, 9.17) is 0 Å². The molecule has 0 saturated heterocycles. The van der Waals surface area contributed by atoms with Gasteiger partial charge in [-0.1, -0.05) is 42.5 Å². The van der Waals surface area contributed by atoms with Crippen molar-refractivity contribution in [1.29, 1.82) is 0 Å². The summed E-state index contributed by atoms with van der Waals surface area (Å²) in [6.45, 7) is 8.93. The molecule has 108 valence electrons. The number of rotatable bonds is 0. The number of hydrogen-bond acceptors (Lipinski definition) is 1. The van der Waals surface area contributed by atoms with Crippen molar-refractivity contribution in [3.8, 4) is 0 Å². The van der Waals surface area contributed by atoms with Crippen molar-refractivity contribution in [3.05, 3.63) is 70.3 Å². The van der Waals surface area contributed by atoms with E-state index >= 15 is 0 Å². The van der Waals surface area contributed by atoms with Crippen molar-refractivity contribution in [2.75, 3.05) is 5.32 Å². The summed E-state index contributed by atoms with van der Waals surface area (Å²) in [5.41, 5.74) is 7.91. The first-order valence-electron chi connectivity index (χ1n) is 7.62. The zero-order valence-corrected chi connectivity index (χ0v) is 13.3. The van der Waals surface area contributed by atoms with Crippen LogP contribution in [0.4, 0.5) is 5.69 Å². The maximum Gasteiger partial charge on any atom is 0.0572 e. The Kier molecular flexibility index (Phi) is 3.36. The van der Waals surface area contributed by atoms with Gasteiger partial charge in [0.15, 0.2) is 0 Å². The highest BCUT2D eigenvalue weighted by atomic mass is 15.0. The van der Waals surface area contributed by atoms with E-state index in [1.165, 1.54) is 33.5 Å². The van der Waals surface area contributed by atoms with Gasteiger partial charge in [-0.05, 0) is 68.0 Å². The highest BCUT2D eigenvalue weighted by molar-refractivity contribution is 5.68. The monoisotopic (exact) mass is 277 g/mol. The fourth-order valence-corrected chi connectivity index (χ4v) is 3.10. The summed E-state index contributed by atoms with van der Waals surface area (Å²) < 4.78 is 0. The minimum atomic E-state index is -0.0874. The first-order valence-corrected chi connectivity index (χ1v) is 7.62. The van der Waals surface area contributed by atoms with Gasteiger partial charge in [0.25, 0.3) is 0 Å². The van der Waals surface area contributed by atoms with Crippen LogP contribution < -0.4 is 5.32 Å². The number of nitrogens with one attached hydrogen (secondary N) is 1. The highest BCUT2D eigenvalue weighted by Crippen LogP contribution is 2.33. The van der Waals surface area contributed by atoms with Crippen LogP contribution >= 0.6 is 0 Å². The molecule has 0 atom stereocenters. The molecule has 1 N–H and O–H groups in total. The predicted octanol–water partition coefficient (Wildman–Crippen LogP) is 5.22. The van der Waals surface area contributed by atoms with Crippen LogP contribution in [0.2, 0.25) is 0 Å². The number of anilines is 1. The lowest BCUT2D eigenvalue weighted by Crippen LogP contribution is -2.29. The number of aryl methyl sites for hydroxylation is 2. The molecule has 0 radical (unpaired) electrons. The van der Waals surface area contributed by atoms with Gasteiger partial charge in [-0.25, -0.2) is 0 Å². The van der Waals surface area contributed by atoms with Crippen molar-refractivity contribution in [2.45, 2.75) is 39.7 Å². The van der Waals surface area contributed by atoms with Crippen LogP contribution in [-0.2, 0) is 12.0 Å². The minimum absolute atomic E-state index is 0.0874. The van der Waals surface area contributed by atoms with Crippen LogP contribution in [0.1, 0.15) is 41.7 Å². The lowest BCUT2D eigenvalue weighted by Gasteiger charge is -2.31. The second-order valence-electron chi connectivity index (χ2n) is 6.54. The maximum atomic E-state index is 3.73. The molecule has 0 fully saturated rings. The van der Waals surface area contributed by atoms with Crippen molar-refractivity contribution >= 4 is 11.8 Å². The molecule has 2 aromatic rings. The lowest BCUT2D eigenvalue weighted by atomic mass is 9.86. The van der Waals surface area contributed by atoms with E-state index in [1.54, 1.807) is 0 Å². The summed E-state index contributed by atoms with van der Waals surface area (Å²) in [5, 5.41) is 3.73. The van der Waals surface area contributed by atoms with E-state index in [-0.39, 0.29) is 5.54 Å². The third-order valence-corrected chi connectivity index (χ3v) is 4.44. The summed E-state index contributed by atoms with van der Waals surface area (Å²) in [4.78, 5) is 0. The molecule has 0 aliphatic carbocycles. The summed E-state index contributed by atoms with van der Waals surface area (Å²) >= 11 is 0. The molecular weight excluding hydrogens is 254 g/mol. The Bertz CT molecular complexity index is 708. The van der Waals surface area contributed by atoms with Crippen LogP contribution in [0, 0.1) is 13.8 Å². The van der Waals surface area contributed by atoms with Crippen molar-refractivity contribution in [2.24, 2.45) is 0 Å². The normalized spacial score (nSPS) is 17.5. The summed E-state index contributed by atoms with van der Waals surface area (Å²) in [7, 11) is 0. The summed E-state index contributed by atoms with van der Waals surface area (Å²) in [5.74, 6) is 0. The molecule has 0 saturated carbocycles. The Morgan fingerprint density at radius 3 is 2.52 bits per heavy atom. The zero-order valence-electron chi connectivity index (χ0n) is 13.3. The van der Waals surface area contributed by atoms with Gasteiger partial charge in [0.1, 0.15) is 0 Å². The fourth-order valence-electron chi connectivity index (χ4n) is 3.10. The van der Waals surface area contributed by atoms with Crippen LogP contribution in [-0.4, -0.2) is 0 Å². The first kappa shape index (κ1) is 13.9. The van der Waals surface area contributed by atoms with Crippen LogP contribution in [0.5, 0.6) is 0 Å². The van der Waals surface area contributed by atoms with Gasteiger partial charge < -0.3 is 5.32 Å². The van der Waals surface area contributed by atoms with Crippen LogP contribution in [0.25, 0.3) is 6.08 Å². The topological polar surface area (TPSA) is 12.0 Å². The Hall–Kier alpha value is -2.02. The lowest BCUT2D eigenvalue weighted by molar-refractivity contribution is 0.603. The van der Waals surface area contributed by atoms with E-state index in [9.17, 15) is 0 Å². The van der Waals surface area contributed by atoms with E-state index < -0.39 is 0 Å². The zero-order chi connectivity index (χ0) is 15.0. The third-order valence-electron chi connectivity index (χ3n) is 4.44. The van der Waals surface area contributed by atoms with E-state index in [0.29, 0.717) is 0 Å². The molecule has 1 aliphatic rings. The number of fused-ring (bicyclic) bond motifs is 2. The van der Waals surface area contributed by atoms with Crippen LogP contribution in [0.3, 0.4) is 0 Å². The summed E-state index contributed by atoms with van der Waals surface area (Å²) in [6.07, 6.45) is 5.48. The van der Waals surface area contributed by atoms with Gasteiger partial charge in [0.2, 0.25) is 0 Å². The SMILES string of the molecule is Cc1cc2c(cc1C)C(C)(C)Nc1ccccc1/C=C\C2. The molecule has 1 nitrogen and oxygen atoms in total.